The quantitative estimate of drug-likeness (QED) is 0.741. The SMILES string of the molecule is COc1cccc(CNC(=O)[C@@H]2COC(=O)N2Cc2ccc(SC)cc2)c1. The molecular formula is C20H22N2O4S. The number of carbonyl (C=O) groups excluding carboxylic acids is 2. The molecule has 1 atom stereocenters. The number of hydrogen-bond donors (Lipinski definition) is 1. The van der Waals surface area contributed by atoms with Crippen LogP contribution in [-0.4, -0.2) is 42.9 Å². The molecule has 1 aliphatic heterocycles. The van der Waals surface area contributed by atoms with E-state index in [0.717, 1.165) is 21.8 Å². The molecule has 0 radical (unpaired) electrons. The number of rotatable bonds is 7. The zero-order valence-corrected chi connectivity index (χ0v) is 16.1. The van der Waals surface area contributed by atoms with E-state index in [-0.39, 0.29) is 12.5 Å². The van der Waals surface area contributed by atoms with Gasteiger partial charge in [0.25, 0.3) is 0 Å². The van der Waals surface area contributed by atoms with E-state index < -0.39 is 12.1 Å². The van der Waals surface area contributed by atoms with Crippen LogP contribution in [0.3, 0.4) is 0 Å². The molecule has 142 valence electrons. The third-order valence-corrected chi connectivity index (χ3v) is 5.13. The predicted octanol–water partition coefficient (Wildman–Crippen LogP) is 3.05. The van der Waals surface area contributed by atoms with Gasteiger partial charge in [0.2, 0.25) is 5.91 Å². The summed E-state index contributed by atoms with van der Waals surface area (Å²) < 4.78 is 10.3. The molecule has 1 fully saturated rings. The molecule has 27 heavy (non-hydrogen) atoms. The van der Waals surface area contributed by atoms with Gasteiger partial charge in [-0.3, -0.25) is 9.69 Å². The Labute approximate surface area is 162 Å². The Kier molecular flexibility index (Phi) is 6.24. The van der Waals surface area contributed by atoms with Crippen LogP contribution in [0.4, 0.5) is 4.79 Å². The molecule has 2 aromatic rings. The minimum atomic E-state index is -0.636. The van der Waals surface area contributed by atoms with E-state index in [0.29, 0.717) is 13.1 Å². The van der Waals surface area contributed by atoms with Gasteiger partial charge in [-0.05, 0) is 41.6 Å². The highest BCUT2D eigenvalue weighted by Gasteiger charge is 2.37. The number of thioether (sulfide) groups is 1. The van der Waals surface area contributed by atoms with Gasteiger partial charge in [0, 0.05) is 11.4 Å². The first-order chi connectivity index (χ1) is 13.1. The Morgan fingerprint density at radius 1 is 1.26 bits per heavy atom. The van der Waals surface area contributed by atoms with E-state index >= 15 is 0 Å². The zero-order valence-electron chi connectivity index (χ0n) is 15.3. The van der Waals surface area contributed by atoms with Gasteiger partial charge in [0.05, 0.1) is 13.7 Å². The minimum Gasteiger partial charge on any atom is -0.497 e. The molecule has 0 saturated carbocycles. The van der Waals surface area contributed by atoms with Gasteiger partial charge in [-0.25, -0.2) is 4.79 Å². The molecule has 3 rings (SSSR count). The van der Waals surface area contributed by atoms with Crippen LogP contribution in [0.25, 0.3) is 0 Å². The Morgan fingerprint density at radius 3 is 2.74 bits per heavy atom. The maximum atomic E-state index is 12.6. The van der Waals surface area contributed by atoms with E-state index in [1.807, 2.05) is 54.8 Å². The second-order valence-corrected chi connectivity index (χ2v) is 7.02. The lowest BCUT2D eigenvalue weighted by Crippen LogP contribution is -2.45. The summed E-state index contributed by atoms with van der Waals surface area (Å²) in [5.41, 5.74) is 1.88. The number of nitrogens with zero attached hydrogens (tertiary/aromatic N) is 1. The molecule has 0 aromatic heterocycles. The van der Waals surface area contributed by atoms with Crippen molar-refractivity contribution < 1.29 is 19.1 Å². The van der Waals surface area contributed by atoms with Crippen LogP contribution in [0.5, 0.6) is 5.75 Å². The Morgan fingerprint density at radius 2 is 2.04 bits per heavy atom. The third-order valence-electron chi connectivity index (χ3n) is 4.39. The highest BCUT2D eigenvalue weighted by molar-refractivity contribution is 7.98. The van der Waals surface area contributed by atoms with Crippen molar-refractivity contribution in [3.63, 3.8) is 0 Å². The normalized spacial score (nSPS) is 16.1. The van der Waals surface area contributed by atoms with Gasteiger partial charge >= 0.3 is 6.09 Å². The zero-order chi connectivity index (χ0) is 19.2. The van der Waals surface area contributed by atoms with Gasteiger partial charge in [-0.15, -0.1) is 11.8 Å². The lowest BCUT2D eigenvalue weighted by atomic mass is 10.1. The largest absolute Gasteiger partial charge is 0.497 e. The average Bonchev–Trinajstić information content (AvgIpc) is 3.07. The predicted molar refractivity (Wildman–Crippen MR) is 104 cm³/mol. The highest BCUT2D eigenvalue weighted by Crippen LogP contribution is 2.20. The van der Waals surface area contributed by atoms with Crippen LogP contribution >= 0.6 is 11.8 Å². The van der Waals surface area contributed by atoms with Crippen molar-refractivity contribution in [1.82, 2.24) is 10.2 Å². The van der Waals surface area contributed by atoms with Crippen molar-refractivity contribution in [3.8, 4) is 5.75 Å². The van der Waals surface area contributed by atoms with Crippen molar-refractivity contribution in [1.29, 1.82) is 0 Å². The van der Waals surface area contributed by atoms with Crippen LogP contribution in [0.15, 0.2) is 53.4 Å². The van der Waals surface area contributed by atoms with Gasteiger partial charge in [0.15, 0.2) is 0 Å². The molecule has 2 aromatic carbocycles. The molecular weight excluding hydrogens is 364 g/mol. The Bertz CT molecular complexity index is 810. The monoisotopic (exact) mass is 386 g/mol. The highest BCUT2D eigenvalue weighted by atomic mass is 32.2. The summed E-state index contributed by atoms with van der Waals surface area (Å²) in [6, 6.07) is 14.8. The fourth-order valence-electron chi connectivity index (χ4n) is 2.86. The standard InChI is InChI=1S/C20H22N2O4S/c1-25-16-5-3-4-15(10-16)11-21-19(23)18-13-26-20(24)22(18)12-14-6-8-17(27-2)9-7-14/h3-10,18H,11-13H2,1-2H3,(H,21,23)/t18-/m0/s1. The van der Waals surface area contributed by atoms with Crippen LogP contribution < -0.4 is 10.1 Å². The molecule has 0 spiro atoms. The van der Waals surface area contributed by atoms with Crippen molar-refractivity contribution in [2.24, 2.45) is 0 Å². The Balaban J connectivity index is 1.62. The molecule has 1 saturated heterocycles. The lowest BCUT2D eigenvalue weighted by Gasteiger charge is -2.21. The van der Waals surface area contributed by atoms with Crippen molar-refractivity contribution in [3.05, 3.63) is 59.7 Å². The van der Waals surface area contributed by atoms with Gasteiger partial charge in [0.1, 0.15) is 18.4 Å². The average molecular weight is 386 g/mol. The van der Waals surface area contributed by atoms with E-state index in [1.165, 1.54) is 4.90 Å². The fraction of sp³-hybridized carbons (Fsp3) is 0.300. The molecule has 1 aliphatic rings. The number of nitrogens with one attached hydrogen (secondary N) is 1. The maximum Gasteiger partial charge on any atom is 0.410 e. The Hall–Kier alpha value is -2.67. The number of hydrogen-bond acceptors (Lipinski definition) is 5. The molecule has 1 N–H and O–H groups in total. The van der Waals surface area contributed by atoms with E-state index in [2.05, 4.69) is 5.32 Å². The number of methoxy groups -OCH3 is 1. The van der Waals surface area contributed by atoms with Crippen LogP contribution in [0.2, 0.25) is 0 Å². The van der Waals surface area contributed by atoms with E-state index in [4.69, 9.17) is 9.47 Å². The summed E-state index contributed by atoms with van der Waals surface area (Å²) in [6.07, 6.45) is 1.54. The smallest absolute Gasteiger partial charge is 0.410 e. The molecule has 0 aliphatic carbocycles. The van der Waals surface area contributed by atoms with Crippen LogP contribution in [0.1, 0.15) is 11.1 Å². The van der Waals surface area contributed by atoms with Crippen molar-refractivity contribution >= 4 is 23.8 Å². The molecule has 7 heteroatoms. The molecule has 6 nitrogen and oxygen atoms in total. The van der Waals surface area contributed by atoms with Gasteiger partial charge < -0.3 is 14.8 Å². The van der Waals surface area contributed by atoms with Crippen molar-refractivity contribution in [2.45, 2.75) is 24.0 Å². The fourth-order valence-corrected chi connectivity index (χ4v) is 3.27. The summed E-state index contributed by atoms with van der Waals surface area (Å²) in [7, 11) is 1.60. The molecule has 2 amide bonds. The lowest BCUT2D eigenvalue weighted by molar-refractivity contribution is -0.125. The first kappa shape index (κ1) is 19.1. The summed E-state index contributed by atoms with van der Waals surface area (Å²) >= 11 is 1.66. The number of amides is 2. The molecule has 0 bridgehead atoms. The van der Waals surface area contributed by atoms with Gasteiger partial charge in [-0.1, -0.05) is 24.3 Å². The van der Waals surface area contributed by atoms with E-state index in [9.17, 15) is 9.59 Å². The van der Waals surface area contributed by atoms with Crippen LogP contribution in [0, 0.1) is 0 Å². The second kappa shape index (κ2) is 8.81. The minimum absolute atomic E-state index is 0.0612. The number of carbonyl (C=O) groups is 2. The number of ether oxygens (including phenoxy) is 2. The topological polar surface area (TPSA) is 67.9 Å². The number of benzene rings is 2. The van der Waals surface area contributed by atoms with E-state index in [1.54, 1.807) is 18.9 Å². The summed E-state index contributed by atoms with van der Waals surface area (Å²) in [4.78, 5) is 27.3. The maximum absolute atomic E-state index is 12.6. The first-order valence-corrected chi connectivity index (χ1v) is 9.80. The molecule has 1 heterocycles. The van der Waals surface area contributed by atoms with Crippen LogP contribution in [-0.2, 0) is 22.6 Å². The summed E-state index contributed by atoms with van der Waals surface area (Å²) in [5.74, 6) is 0.501. The van der Waals surface area contributed by atoms with Gasteiger partial charge in [-0.2, -0.15) is 0 Å². The second-order valence-electron chi connectivity index (χ2n) is 6.14. The molecule has 0 unspecified atom stereocenters. The van der Waals surface area contributed by atoms with Crippen molar-refractivity contribution in [2.75, 3.05) is 20.0 Å². The first-order valence-electron chi connectivity index (χ1n) is 8.57. The number of cyclic esters (lactones) is 1. The third kappa shape index (κ3) is 4.74. The summed E-state index contributed by atoms with van der Waals surface area (Å²) in [5, 5.41) is 2.88. The summed E-state index contributed by atoms with van der Waals surface area (Å²) in [6.45, 7) is 0.757.